The fourth-order valence-corrected chi connectivity index (χ4v) is 2.73. The molecule has 0 aliphatic rings. The summed E-state index contributed by atoms with van der Waals surface area (Å²) in [5.74, 6) is -0.257. The van der Waals surface area contributed by atoms with Gasteiger partial charge in [0.15, 0.2) is 11.5 Å². The number of aromatic nitrogens is 3. The van der Waals surface area contributed by atoms with Crippen molar-refractivity contribution >= 4 is 11.5 Å². The lowest BCUT2D eigenvalue weighted by molar-refractivity contribution is 0.630. The van der Waals surface area contributed by atoms with Gasteiger partial charge in [0.1, 0.15) is 11.7 Å². The molecule has 0 radical (unpaired) electrons. The molecule has 4 rings (SSSR count). The Bertz CT molecular complexity index is 1090. The summed E-state index contributed by atoms with van der Waals surface area (Å²) in [6, 6.07) is 17.8. The van der Waals surface area contributed by atoms with Gasteiger partial charge in [-0.15, -0.1) is 5.10 Å². The summed E-state index contributed by atoms with van der Waals surface area (Å²) >= 11 is 0. The third-order valence-corrected chi connectivity index (χ3v) is 3.95. The van der Waals surface area contributed by atoms with Crippen molar-refractivity contribution in [2.24, 2.45) is 5.73 Å². The Labute approximate surface area is 143 Å². The Balaban J connectivity index is 1.96. The van der Waals surface area contributed by atoms with Crippen LogP contribution < -0.4 is 5.73 Å². The average molecular weight is 331 g/mol. The van der Waals surface area contributed by atoms with Crippen molar-refractivity contribution in [1.82, 2.24) is 14.6 Å². The van der Waals surface area contributed by atoms with Crippen molar-refractivity contribution in [3.63, 3.8) is 0 Å². The molecule has 0 spiro atoms. The maximum atomic E-state index is 14.1. The summed E-state index contributed by atoms with van der Waals surface area (Å²) in [5.41, 5.74) is 8.73. The molecule has 3 N–H and O–H groups in total. The predicted molar refractivity (Wildman–Crippen MR) is 94.8 cm³/mol. The summed E-state index contributed by atoms with van der Waals surface area (Å²) in [6.45, 7) is 0. The number of nitrogen functional groups attached to an aromatic ring is 1. The molecule has 0 aliphatic carbocycles. The van der Waals surface area contributed by atoms with E-state index in [1.54, 1.807) is 35.0 Å². The van der Waals surface area contributed by atoms with Crippen LogP contribution in [0.1, 0.15) is 5.56 Å². The number of hydrogen-bond acceptors (Lipinski definition) is 3. The first kappa shape index (κ1) is 15.0. The maximum Gasteiger partial charge on any atom is 0.185 e. The first-order valence-electron chi connectivity index (χ1n) is 7.68. The van der Waals surface area contributed by atoms with Gasteiger partial charge in [-0.05, 0) is 23.8 Å². The maximum absolute atomic E-state index is 14.1. The van der Waals surface area contributed by atoms with E-state index in [-0.39, 0.29) is 11.7 Å². The molecule has 25 heavy (non-hydrogen) atoms. The van der Waals surface area contributed by atoms with Gasteiger partial charge >= 0.3 is 0 Å². The van der Waals surface area contributed by atoms with Gasteiger partial charge in [-0.2, -0.15) is 0 Å². The Morgan fingerprint density at radius 2 is 1.72 bits per heavy atom. The monoisotopic (exact) mass is 331 g/mol. The number of halogens is 1. The molecule has 122 valence electrons. The highest BCUT2D eigenvalue weighted by molar-refractivity contribution is 6.01. The molecule has 0 saturated heterocycles. The van der Waals surface area contributed by atoms with E-state index >= 15 is 0 Å². The Morgan fingerprint density at radius 3 is 2.44 bits per heavy atom. The average Bonchev–Trinajstić information content (AvgIpc) is 3.05. The van der Waals surface area contributed by atoms with Crippen molar-refractivity contribution in [1.29, 1.82) is 5.41 Å². The highest BCUT2D eigenvalue weighted by atomic mass is 19.1. The third kappa shape index (κ3) is 2.63. The second-order valence-electron chi connectivity index (χ2n) is 5.61. The molecule has 2 aromatic carbocycles. The summed E-state index contributed by atoms with van der Waals surface area (Å²) in [7, 11) is 0. The van der Waals surface area contributed by atoms with Crippen molar-refractivity contribution in [2.45, 2.75) is 0 Å². The van der Waals surface area contributed by atoms with Crippen molar-refractivity contribution in [2.75, 3.05) is 0 Å². The topological polar surface area (TPSA) is 80.1 Å². The van der Waals surface area contributed by atoms with Crippen LogP contribution in [0.5, 0.6) is 0 Å². The van der Waals surface area contributed by atoms with Crippen LogP contribution in [0.4, 0.5) is 4.39 Å². The van der Waals surface area contributed by atoms with E-state index in [4.69, 9.17) is 11.1 Å². The van der Waals surface area contributed by atoms with Gasteiger partial charge in [0.05, 0.1) is 11.1 Å². The number of nitrogens with two attached hydrogens (primary N) is 1. The van der Waals surface area contributed by atoms with E-state index in [0.717, 1.165) is 11.1 Å². The van der Waals surface area contributed by atoms with Crippen LogP contribution in [0.25, 0.3) is 28.2 Å². The van der Waals surface area contributed by atoms with E-state index in [2.05, 4.69) is 10.1 Å². The molecular weight excluding hydrogens is 317 g/mol. The number of amidine groups is 1. The van der Waals surface area contributed by atoms with Crippen LogP contribution in [-0.2, 0) is 0 Å². The summed E-state index contributed by atoms with van der Waals surface area (Å²) < 4.78 is 15.6. The zero-order valence-electron chi connectivity index (χ0n) is 13.1. The Kier molecular flexibility index (Phi) is 3.50. The van der Waals surface area contributed by atoms with Crippen LogP contribution >= 0.6 is 0 Å². The zero-order valence-corrected chi connectivity index (χ0v) is 13.1. The van der Waals surface area contributed by atoms with E-state index in [9.17, 15) is 4.39 Å². The molecule has 4 aromatic rings. The smallest absolute Gasteiger partial charge is 0.185 e. The quantitative estimate of drug-likeness (QED) is 0.445. The lowest BCUT2D eigenvalue weighted by Crippen LogP contribution is -2.13. The van der Waals surface area contributed by atoms with Crippen molar-refractivity contribution < 1.29 is 4.39 Å². The van der Waals surface area contributed by atoms with E-state index < -0.39 is 5.82 Å². The number of nitrogens with zero attached hydrogens (tertiary/aromatic N) is 3. The third-order valence-electron chi connectivity index (χ3n) is 3.95. The SMILES string of the molecule is N=C(N)c1cc(-c2ccccc2)cn2nc(-c3ccccc3F)nc12. The van der Waals surface area contributed by atoms with Gasteiger partial charge in [-0.25, -0.2) is 13.9 Å². The molecule has 0 atom stereocenters. The van der Waals surface area contributed by atoms with Gasteiger partial charge < -0.3 is 5.73 Å². The fraction of sp³-hybridized carbons (Fsp3) is 0. The molecule has 2 heterocycles. The molecule has 0 bridgehead atoms. The fourth-order valence-electron chi connectivity index (χ4n) is 2.73. The molecule has 0 amide bonds. The number of rotatable bonds is 3. The van der Waals surface area contributed by atoms with Crippen LogP contribution in [-0.4, -0.2) is 20.4 Å². The molecule has 0 fully saturated rings. The van der Waals surface area contributed by atoms with Gasteiger partial charge in [-0.3, -0.25) is 5.41 Å². The number of benzene rings is 2. The minimum absolute atomic E-state index is 0.115. The van der Waals surface area contributed by atoms with Crippen molar-refractivity contribution in [3.8, 4) is 22.5 Å². The summed E-state index contributed by atoms with van der Waals surface area (Å²) in [4.78, 5) is 4.39. The minimum Gasteiger partial charge on any atom is -0.384 e. The second-order valence-corrected chi connectivity index (χ2v) is 5.61. The molecule has 0 aliphatic heterocycles. The van der Waals surface area contributed by atoms with E-state index in [1.165, 1.54) is 6.07 Å². The predicted octanol–water partition coefficient (Wildman–Crippen LogP) is 3.49. The minimum atomic E-state index is -0.397. The number of nitrogens with one attached hydrogen (secondary N) is 1. The first-order chi connectivity index (χ1) is 12.1. The van der Waals surface area contributed by atoms with Crippen molar-refractivity contribution in [3.05, 3.63) is 78.2 Å². The molecule has 5 nitrogen and oxygen atoms in total. The molecule has 2 aromatic heterocycles. The van der Waals surface area contributed by atoms with Crippen LogP contribution in [0, 0.1) is 11.2 Å². The summed E-state index contributed by atoms with van der Waals surface area (Å²) in [6.07, 6.45) is 1.80. The highest BCUT2D eigenvalue weighted by Crippen LogP contribution is 2.25. The lowest BCUT2D eigenvalue weighted by Gasteiger charge is -2.06. The Hall–Kier alpha value is -3.54. The highest BCUT2D eigenvalue weighted by Gasteiger charge is 2.16. The largest absolute Gasteiger partial charge is 0.384 e. The normalized spacial score (nSPS) is 10.9. The summed E-state index contributed by atoms with van der Waals surface area (Å²) in [5, 5.41) is 12.2. The van der Waals surface area contributed by atoms with Crippen LogP contribution in [0.3, 0.4) is 0 Å². The van der Waals surface area contributed by atoms with Gasteiger partial charge in [0.25, 0.3) is 0 Å². The van der Waals surface area contributed by atoms with Gasteiger partial charge in [0, 0.05) is 11.8 Å². The molecular formula is C19H14FN5. The Morgan fingerprint density at radius 1 is 1.00 bits per heavy atom. The molecule has 6 heteroatoms. The van der Waals surface area contributed by atoms with E-state index in [1.807, 2.05) is 30.3 Å². The van der Waals surface area contributed by atoms with Crippen LogP contribution in [0.2, 0.25) is 0 Å². The second kappa shape index (κ2) is 5.83. The van der Waals surface area contributed by atoms with E-state index in [0.29, 0.717) is 16.8 Å². The van der Waals surface area contributed by atoms with Gasteiger partial charge in [0.2, 0.25) is 0 Å². The number of pyridine rings is 1. The van der Waals surface area contributed by atoms with Crippen LogP contribution in [0.15, 0.2) is 66.9 Å². The zero-order chi connectivity index (χ0) is 17.4. The molecule has 0 saturated carbocycles. The standard InChI is InChI=1S/C19H14FN5/c20-16-9-5-4-8-14(16)18-23-19-15(17(21)22)10-13(11-25(19)24-18)12-6-2-1-3-7-12/h1-11H,(H3,21,22). The molecule has 0 unspecified atom stereocenters. The number of fused-ring (bicyclic) bond motifs is 1. The lowest BCUT2D eigenvalue weighted by atomic mass is 10.1. The number of hydrogen-bond donors (Lipinski definition) is 2. The van der Waals surface area contributed by atoms with Gasteiger partial charge in [-0.1, -0.05) is 42.5 Å². The first-order valence-corrected chi connectivity index (χ1v) is 7.68.